The maximum atomic E-state index is 12.4. The third-order valence-electron chi connectivity index (χ3n) is 3.94. The van der Waals surface area contributed by atoms with Gasteiger partial charge < -0.3 is 15.2 Å². The Kier molecular flexibility index (Phi) is 6.83. The lowest BCUT2D eigenvalue weighted by Gasteiger charge is -2.12. The molecular formula is C19H19Cl2N5OS. The summed E-state index contributed by atoms with van der Waals surface area (Å²) in [5.41, 5.74) is 1.56. The molecule has 9 heteroatoms. The summed E-state index contributed by atoms with van der Waals surface area (Å²) in [4.78, 5) is 12.4. The van der Waals surface area contributed by atoms with Gasteiger partial charge in [-0.15, -0.1) is 10.2 Å². The summed E-state index contributed by atoms with van der Waals surface area (Å²) in [6.07, 6.45) is 0. The fraction of sp³-hybridized carbons (Fsp3) is 0.211. The molecule has 1 aromatic heterocycles. The number of amides is 1. The van der Waals surface area contributed by atoms with Gasteiger partial charge in [0.2, 0.25) is 5.91 Å². The number of rotatable bonds is 7. The molecule has 0 spiro atoms. The first-order chi connectivity index (χ1) is 13.4. The minimum absolute atomic E-state index is 0.131. The lowest BCUT2D eigenvalue weighted by atomic mass is 10.3. The fourth-order valence-corrected chi connectivity index (χ4v) is 3.62. The van der Waals surface area contributed by atoms with Gasteiger partial charge in [0, 0.05) is 28.5 Å². The van der Waals surface area contributed by atoms with Gasteiger partial charge in [0.05, 0.1) is 11.8 Å². The first-order valence-electron chi connectivity index (χ1n) is 8.53. The van der Waals surface area contributed by atoms with Crippen LogP contribution in [0.15, 0.2) is 53.7 Å². The molecule has 2 aromatic carbocycles. The van der Waals surface area contributed by atoms with Crippen molar-refractivity contribution in [1.29, 1.82) is 0 Å². The topological polar surface area (TPSA) is 71.8 Å². The van der Waals surface area contributed by atoms with Crippen molar-refractivity contribution in [3.63, 3.8) is 0 Å². The number of hydrogen-bond acceptors (Lipinski definition) is 5. The van der Waals surface area contributed by atoms with Crippen molar-refractivity contribution in [2.45, 2.75) is 23.9 Å². The highest BCUT2D eigenvalue weighted by molar-refractivity contribution is 8.00. The van der Waals surface area contributed by atoms with Gasteiger partial charge in [-0.05, 0) is 43.3 Å². The van der Waals surface area contributed by atoms with Crippen LogP contribution in [0.4, 0.5) is 11.4 Å². The molecule has 0 aliphatic heterocycles. The average molecular weight is 436 g/mol. The summed E-state index contributed by atoms with van der Waals surface area (Å²) in [5.74, 6) is 0.624. The SMILES string of the molecule is CC(Sc1nnc(CNc2cccc(Cl)c2)n1C)C(=O)Nc1cccc(Cl)c1. The number of carbonyl (C=O) groups is 1. The van der Waals surface area contributed by atoms with E-state index in [1.54, 1.807) is 24.3 Å². The van der Waals surface area contributed by atoms with E-state index in [1.165, 1.54) is 11.8 Å². The lowest BCUT2D eigenvalue weighted by Crippen LogP contribution is -2.22. The van der Waals surface area contributed by atoms with Crippen molar-refractivity contribution in [3.8, 4) is 0 Å². The molecule has 28 heavy (non-hydrogen) atoms. The number of halogens is 2. The van der Waals surface area contributed by atoms with Crippen molar-refractivity contribution in [2.24, 2.45) is 7.05 Å². The lowest BCUT2D eigenvalue weighted by molar-refractivity contribution is -0.115. The zero-order chi connectivity index (χ0) is 20.1. The minimum Gasteiger partial charge on any atom is -0.378 e. The van der Waals surface area contributed by atoms with Crippen molar-refractivity contribution < 1.29 is 4.79 Å². The highest BCUT2D eigenvalue weighted by Crippen LogP contribution is 2.24. The average Bonchev–Trinajstić information content (AvgIpc) is 3.00. The molecule has 6 nitrogen and oxygen atoms in total. The highest BCUT2D eigenvalue weighted by atomic mass is 35.5. The van der Waals surface area contributed by atoms with E-state index in [1.807, 2.05) is 42.8 Å². The molecule has 0 radical (unpaired) electrons. The van der Waals surface area contributed by atoms with Crippen LogP contribution in [0.3, 0.4) is 0 Å². The normalized spacial score (nSPS) is 11.9. The molecule has 3 aromatic rings. The standard InChI is InChI=1S/C19H19Cl2N5OS/c1-12(18(27)23-16-8-4-6-14(21)10-16)28-19-25-24-17(26(19)2)11-22-15-7-3-5-13(20)9-15/h3-10,12,22H,11H2,1-2H3,(H,23,27). The van der Waals surface area contributed by atoms with Gasteiger partial charge in [0.15, 0.2) is 11.0 Å². The first-order valence-corrected chi connectivity index (χ1v) is 10.2. The molecule has 1 heterocycles. The van der Waals surface area contributed by atoms with E-state index >= 15 is 0 Å². The maximum Gasteiger partial charge on any atom is 0.237 e. The number of anilines is 2. The van der Waals surface area contributed by atoms with Crippen LogP contribution in [-0.4, -0.2) is 25.9 Å². The first kappa shape index (κ1) is 20.5. The summed E-state index contributed by atoms with van der Waals surface area (Å²) in [6.45, 7) is 2.32. The number of carbonyl (C=O) groups excluding carboxylic acids is 1. The van der Waals surface area contributed by atoms with Gasteiger partial charge in [0.1, 0.15) is 0 Å². The van der Waals surface area contributed by atoms with Gasteiger partial charge in [-0.2, -0.15) is 0 Å². The molecule has 0 fully saturated rings. The van der Waals surface area contributed by atoms with Gasteiger partial charge in [-0.1, -0.05) is 47.1 Å². The van der Waals surface area contributed by atoms with E-state index in [-0.39, 0.29) is 11.2 Å². The smallest absolute Gasteiger partial charge is 0.237 e. The Morgan fingerprint density at radius 1 is 1.11 bits per heavy atom. The Labute approximate surface area is 177 Å². The molecule has 0 saturated heterocycles. The second kappa shape index (κ2) is 9.32. The van der Waals surface area contributed by atoms with Crippen molar-refractivity contribution in [3.05, 3.63) is 64.4 Å². The zero-order valence-corrected chi connectivity index (χ0v) is 17.6. The van der Waals surface area contributed by atoms with E-state index in [2.05, 4.69) is 20.8 Å². The summed E-state index contributed by atoms with van der Waals surface area (Å²) < 4.78 is 1.87. The zero-order valence-electron chi connectivity index (χ0n) is 15.3. The molecular weight excluding hydrogens is 417 g/mol. The third-order valence-corrected chi connectivity index (χ3v) is 5.55. The third kappa shape index (κ3) is 5.41. The van der Waals surface area contributed by atoms with Crippen molar-refractivity contribution in [1.82, 2.24) is 14.8 Å². The van der Waals surface area contributed by atoms with Crippen LogP contribution in [-0.2, 0) is 18.4 Å². The number of aromatic nitrogens is 3. The Balaban J connectivity index is 1.59. The van der Waals surface area contributed by atoms with Gasteiger partial charge >= 0.3 is 0 Å². The summed E-state index contributed by atoms with van der Waals surface area (Å²) >= 11 is 13.3. The number of benzene rings is 2. The molecule has 1 amide bonds. The van der Waals surface area contributed by atoms with E-state index in [4.69, 9.17) is 23.2 Å². The fourth-order valence-electron chi connectivity index (χ4n) is 2.40. The Bertz CT molecular complexity index is 978. The molecule has 0 aliphatic rings. The van der Waals surface area contributed by atoms with E-state index < -0.39 is 0 Å². The predicted octanol–water partition coefficient (Wildman–Crippen LogP) is 4.85. The van der Waals surface area contributed by atoms with Crippen LogP contribution >= 0.6 is 35.0 Å². The quantitative estimate of drug-likeness (QED) is 0.518. The summed E-state index contributed by atoms with van der Waals surface area (Å²) in [6, 6.07) is 14.5. The van der Waals surface area contributed by atoms with Crippen molar-refractivity contribution >= 4 is 52.2 Å². The second-order valence-corrected chi connectivity index (χ2v) is 8.26. The number of hydrogen-bond donors (Lipinski definition) is 2. The number of nitrogens with zero attached hydrogens (tertiary/aromatic N) is 3. The molecule has 2 N–H and O–H groups in total. The molecule has 3 rings (SSSR count). The van der Waals surface area contributed by atoms with Crippen LogP contribution in [0.2, 0.25) is 10.0 Å². The minimum atomic E-state index is -0.351. The van der Waals surface area contributed by atoms with Crippen molar-refractivity contribution in [2.75, 3.05) is 10.6 Å². The highest BCUT2D eigenvalue weighted by Gasteiger charge is 2.19. The predicted molar refractivity (Wildman–Crippen MR) is 115 cm³/mol. The van der Waals surface area contributed by atoms with Crippen LogP contribution in [0.1, 0.15) is 12.7 Å². The van der Waals surface area contributed by atoms with Crippen LogP contribution in [0.5, 0.6) is 0 Å². The molecule has 0 aliphatic carbocycles. The molecule has 0 saturated carbocycles. The summed E-state index contributed by atoms with van der Waals surface area (Å²) in [5, 5.41) is 16.1. The molecule has 1 unspecified atom stereocenters. The molecule has 0 bridgehead atoms. The number of nitrogens with one attached hydrogen (secondary N) is 2. The van der Waals surface area contributed by atoms with Crippen LogP contribution < -0.4 is 10.6 Å². The molecule has 146 valence electrons. The van der Waals surface area contributed by atoms with Gasteiger partial charge in [-0.3, -0.25) is 4.79 Å². The largest absolute Gasteiger partial charge is 0.378 e. The maximum absolute atomic E-state index is 12.4. The number of thioether (sulfide) groups is 1. The van der Waals surface area contributed by atoms with E-state index in [9.17, 15) is 4.79 Å². The van der Waals surface area contributed by atoms with Gasteiger partial charge in [-0.25, -0.2) is 0 Å². The Morgan fingerprint density at radius 3 is 2.43 bits per heavy atom. The van der Waals surface area contributed by atoms with E-state index in [0.29, 0.717) is 27.4 Å². The Morgan fingerprint density at radius 2 is 1.75 bits per heavy atom. The molecule has 1 atom stereocenters. The van der Waals surface area contributed by atoms with E-state index in [0.717, 1.165) is 11.5 Å². The summed E-state index contributed by atoms with van der Waals surface area (Å²) in [7, 11) is 1.87. The van der Waals surface area contributed by atoms with Gasteiger partial charge in [0.25, 0.3) is 0 Å². The van der Waals surface area contributed by atoms with Crippen LogP contribution in [0.25, 0.3) is 0 Å². The monoisotopic (exact) mass is 435 g/mol. The second-order valence-electron chi connectivity index (χ2n) is 6.08. The van der Waals surface area contributed by atoms with Crippen LogP contribution in [0, 0.1) is 0 Å². The Hall–Kier alpha value is -2.22.